The highest BCUT2D eigenvalue weighted by atomic mass is 32.1. The minimum atomic E-state index is 0.827. The minimum Gasteiger partial charge on any atom is -0.350 e. The van der Waals surface area contributed by atoms with E-state index >= 15 is 0 Å². The van der Waals surface area contributed by atoms with E-state index in [1.807, 2.05) is 6.92 Å². The molecule has 0 spiro atoms. The van der Waals surface area contributed by atoms with Crippen LogP contribution in [0.2, 0.25) is 0 Å². The summed E-state index contributed by atoms with van der Waals surface area (Å²) in [6.45, 7) is 3.74. The highest BCUT2D eigenvalue weighted by Gasteiger charge is 2.05. The summed E-state index contributed by atoms with van der Waals surface area (Å²) in [7, 11) is 2.09. The number of nitrogens with one attached hydrogen (secondary N) is 1. The van der Waals surface area contributed by atoms with Gasteiger partial charge in [0.15, 0.2) is 0 Å². The predicted molar refractivity (Wildman–Crippen MR) is 80.3 cm³/mol. The van der Waals surface area contributed by atoms with E-state index in [2.05, 4.69) is 57.8 Å². The zero-order chi connectivity index (χ0) is 13.2. The number of aryl methyl sites for hydroxylation is 2. The lowest BCUT2D eigenvalue weighted by atomic mass is 10.2. The van der Waals surface area contributed by atoms with Crippen molar-refractivity contribution in [1.82, 2.24) is 14.9 Å². The molecule has 0 fully saturated rings. The third kappa shape index (κ3) is 2.55. The lowest BCUT2D eigenvalue weighted by Gasteiger charge is -2.01. The zero-order valence-corrected chi connectivity index (χ0v) is 12.0. The molecule has 0 amide bonds. The summed E-state index contributed by atoms with van der Waals surface area (Å²) in [6, 6.07) is 8.51. The first-order valence-corrected chi connectivity index (χ1v) is 7.26. The molecule has 3 rings (SSSR count). The van der Waals surface area contributed by atoms with Gasteiger partial charge in [-0.25, -0.2) is 4.98 Å². The molecular weight excluding hydrogens is 254 g/mol. The first-order valence-electron chi connectivity index (χ1n) is 6.38. The Kier molecular flexibility index (Phi) is 3.36. The number of benzene rings is 1. The van der Waals surface area contributed by atoms with E-state index < -0.39 is 0 Å². The number of nitrogens with zero attached hydrogens (tertiary/aromatic N) is 2. The molecule has 0 radical (unpaired) electrons. The van der Waals surface area contributed by atoms with Gasteiger partial charge in [-0.05, 0) is 18.6 Å². The molecule has 0 aliphatic carbocycles. The van der Waals surface area contributed by atoms with Crippen molar-refractivity contribution in [3.63, 3.8) is 0 Å². The van der Waals surface area contributed by atoms with E-state index in [4.69, 9.17) is 0 Å². The number of thiazole rings is 1. The number of fused-ring (bicyclic) bond motifs is 1. The first kappa shape index (κ1) is 12.4. The van der Waals surface area contributed by atoms with E-state index in [0.29, 0.717) is 0 Å². The van der Waals surface area contributed by atoms with Gasteiger partial charge in [0.25, 0.3) is 0 Å². The van der Waals surface area contributed by atoms with Gasteiger partial charge in [0.05, 0.1) is 10.7 Å². The van der Waals surface area contributed by atoms with Crippen LogP contribution in [0.3, 0.4) is 0 Å². The Labute approximate surface area is 116 Å². The van der Waals surface area contributed by atoms with Crippen molar-refractivity contribution in [3.8, 4) is 0 Å². The molecule has 1 N–H and O–H groups in total. The van der Waals surface area contributed by atoms with Crippen molar-refractivity contribution in [1.29, 1.82) is 0 Å². The molecule has 0 unspecified atom stereocenters. The molecule has 3 nitrogen and oxygen atoms in total. The minimum absolute atomic E-state index is 0.827. The van der Waals surface area contributed by atoms with Gasteiger partial charge >= 0.3 is 0 Å². The van der Waals surface area contributed by atoms with Gasteiger partial charge in [-0.1, -0.05) is 18.2 Å². The molecule has 4 heteroatoms. The highest BCUT2D eigenvalue weighted by Crippen LogP contribution is 2.20. The van der Waals surface area contributed by atoms with Crippen LogP contribution >= 0.6 is 11.3 Å². The van der Waals surface area contributed by atoms with Crippen LogP contribution in [0.15, 0.2) is 35.8 Å². The van der Waals surface area contributed by atoms with Gasteiger partial charge in [0.1, 0.15) is 0 Å². The maximum Gasteiger partial charge on any atom is 0.0897 e. The molecule has 0 bridgehead atoms. The van der Waals surface area contributed by atoms with Gasteiger partial charge in [0, 0.05) is 42.6 Å². The Morgan fingerprint density at radius 1 is 1.26 bits per heavy atom. The van der Waals surface area contributed by atoms with Crippen molar-refractivity contribution >= 4 is 22.2 Å². The predicted octanol–water partition coefficient (Wildman–Crippen LogP) is 3.23. The van der Waals surface area contributed by atoms with Gasteiger partial charge < -0.3 is 9.88 Å². The molecule has 0 aliphatic rings. The SMILES string of the molecule is Cc1nc(CNCc2cn(C)c3ccccc23)cs1. The Balaban J connectivity index is 1.72. The lowest BCUT2D eigenvalue weighted by Crippen LogP contribution is -2.12. The average molecular weight is 271 g/mol. The molecule has 3 aromatic rings. The molecule has 2 heterocycles. The Morgan fingerprint density at radius 3 is 2.89 bits per heavy atom. The quantitative estimate of drug-likeness (QED) is 0.789. The van der Waals surface area contributed by atoms with Crippen LogP contribution in [0.4, 0.5) is 0 Å². The Morgan fingerprint density at radius 2 is 2.11 bits per heavy atom. The monoisotopic (exact) mass is 271 g/mol. The summed E-state index contributed by atoms with van der Waals surface area (Å²) < 4.78 is 2.18. The lowest BCUT2D eigenvalue weighted by molar-refractivity contribution is 0.683. The molecule has 19 heavy (non-hydrogen) atoms. The fraction of sp³-hybridized carbons (Fsp3) is 0.267. The molecule has 2 aromatic heterocycles. The fourth-order valence-electron chi connectivity index (χ4n) is 2.38. The number of hydrogen-bond donors (Lipinski definition) is 1. The van der Waals surface area contributed by atoms with Crippen LogP contribution in [0, 0.1) is 6.92 Å². The summed E-state index contributed by atoms with van der Waals surface area (Å²) in [6.07, 6.45) is 2.20. The number of para-hydroxylation sites is 1. The summed E-state index contributed by atoms with van der Waals surface area (Å²) >= 11 is 1.70. The number of rotatable bonds is 4. The molecule has 0 aliphatic heterocycles. The van der Waals surface area contributed by atoms with E-state index in [1.165, 1.54) is 16.5 Å². The number of hydrogen-bond acceptors (Lipinski definition) is 3. The van der Waals surface area contributed by atoms with Gasteiger partial charge in [-0.2, -0.15) is 0 Å². The number of aromatic nitrogens is 2. The smallest absolute Gasteiger partial charge is 0.0897 e. The summed E-state index contributed by atoms with van der Waals surface area (Å²) in [5.41, 5.74) is 3.75. The summed E-state index contributed by atoms with van der Waals surface area (Å²) in [5, 5.41) is 8.04. The first-order chi connectivity index (χ1) is 9.24. The Bertz CT molecular complexity index is 696. The van der Waals surface area contributed by atoms with Crippen molar-refractivity contribution < 1.29 is 0 Å². The van der Waals surface area contributed by atoms with Crippen LogP contribution in [-0.4, -0.2) is 9.55 Å². The highest BCUT2D eigenvalue weighted by molar-refractivity contribution is 7.09. The Hall–Kier alpha value is -1.65. The van der Waals surface area contributed by atoms with Crippen LogP contribution in [-0.2, 0) is 20.1 Å². The van der Waals surface area contributed by atoms with Crippen molar-refractivity contribution in [2.24, 2.45) is 7.05 Å². The van der Waals surface area contributed by atoms with Crippen molar-refractivity contribution in [3.05, 3.63) is 52.1 Å². The van der Waals surface area contributed by atoms with Gasteiger partial charge in [-0.15, -0.1) is 11.3 Å². The van der Waals surface area contributed by atoms with Crippen molar-refractivity contribution in [2.75, 3.05) is 0 Å². The maximum atomic E-state index is 4.46. The maximum absolute atomic E-state index is 4.46. The molecule has 0 saturated heterocycles. The van der Waals surface area contributed by atoms with E-state index in [1.54, 1.807) is 11.3 Å². The zero-order valence-electron chi connectivity index (χ0n) is 11.2. The second-order valence-electron chi connectivity index (χ2n) is 4.74. The van der Waals surface area contributed by atoms with Crippen LogP contribution < -0.4 is 5.32 Å². The second kappa shape index (κ2) is 5.15. The summed E-state index contributed by atoms with van der Waals surface area (Å²) in [4.78, 5) is 4.46. The molecule has 0 atom stereocenters. The van der Waals surface area contributed by atoms with Gasteiger partial charge in [0.2, 0.25) is 0 Å². The fourth-order valence-corrected chi connectivity index (χ4v) is 2.99. The van der Waals surface area contributed by atoms with Gasteiger partial charge in [-0.3, -0.25) is 0 Å². The third-order valence-corrected chi connectivity index (χ3v) is 4.09. The van der Waals surface area contributed by atoms with E-state index in [9.17, 15) is 0 Å². The van der Waals surface area contributed by atoms with E-state index in [0.717, 1.165) is 23.8 Å². The molecule has 1 aromatic carbocycles. The molecular formula is C15H17N3S. The molecule has 98 valence electrons. The topological polar surface area (TPSA) is 29.9 Å². The van der Waals surface area contributed by atoms with Crippen LogP contribution in [0.25, 0.3) is 10.9 Å². The third-order valence-electron chi connectivity index (χ3n) is 3.27. The largest absolute Gasteiger partial charge is 0.350 e. The normalized spacial score (nSPS) is 11.3. The standard InChI is InChI=1S/C15H17N3S/c1-11-17-13(10-19-11)8-16-7-12-9-18(2)15-6-4-3-5-14(12)15/h3-6,9-10,16H,7-8H2,1-2H3. The average Bonchev–Trinajstić information content (AvgIpc) is 2.96. The van der Waals surface area contributed by atoms with E-state index in [-0.39, 0.29) is 0 Å². The summed E-state index contributed by atoms with van der Waals surface area (Å²) in [5.74, 6) is 0. The van der Waals surface area contributed by atoms with Crippen LogP contribution in [0.5, 0.6) is 0 Å². The van der Waals surface area contributed by atoms with Crippen LogP contribution in [0.1, 0.15) is 16.3 Å². The van der Waals surface area contributed by atoms with Crippen molar-refractivity contribution in [2.45, 2.75) is 20.0 Å². The molecule has 0 saturated carbocycles. The second-order valence-corrected chi connectivity index (χ2v) is 5.81.